The molecule has 27 heavy (non-hydrogen) atoms. The maximum atomic E-state index is 12.6. The monoisotopic (exact) mass is 452 g/mol. The van der Waals surface area contributed by atoms with Crippen LogP contribution in [0.5, 0.6) is 0 Å². The number of carbonyl (C=O) groups excluding carboxylic acids is 1. The zero-order chi connectivity index (χ0) is 19.8. The van der Waals surface area contributed by atoms with Gasteiger partial charge in [-0.25, -0.2) is 8.42 Å². The van der Waals surface area contributed by atoms with E-state index in [0.717, 1.165) is 10.0 Å². The van der Waals surface area contributed by atoms with Gasteiger partial charge in [-0.2, -0.15) is 0 Å². The van der Waals surface area contributed by atoms with E-state index in [1.54, 1.807) is 18.2 Å². The molecule has 3 rings (SSSR count). The molecular formula is C18H17BrN2O5S. The van der Waals surface area contributed by atoms with Crippen LogP contribution >= 0.6 is 15.9 Å². The Kier molecular flexibility index (Phi) is 5.25. The minimum atomic E-state index is -3.79. The number of halogens is 1. The van der Waals surface area contributed by atoms with Gasteiger partial charge in [0, 0.05) is 28.8 Å². The van der Waals surface area contributed by atoms with Crippen LogP contribution in [-0.2, 0) is 19.6 Å². The number of hydrogen-bond donors (Lipinski definition) is 2. The Labute approximate surface area is 165 Å². The Morgan fingerprint density at radius 1 is 1.22 bits per heavy atom. The van der Waals surface area contributed by atoms with Gasteiger partial charge in [0.2, 0.25) is 5.91 Å². The third kappa shape index (κ3) is 4.14. The number of nitrogens with zero attached hydrogens (tertiary/aromatic N) is 1. The van der Waals surface area contributed by atoms with E-state index < -0.39 is 21.9 Å². The quantitative estimate of drug-likeness (QED) is 0.725. The lowest BCUT2D eigenvalue weighted by atomic mass is 10.1. The molecule has 1 aliphatic heterocycles. The molecule has 1 unspecified atom stereocenters. The number of carboxylic acid groups (broad SMARTS) is 1. The standard InChI is InChI=1S/C18H17BrN2O5S/c1-11-2-3-13(9-16(11)19)20-27(25,26)15-6-4-14(5-7-15)21-10-12(18(23)24)8-17(21)22/h2-7,9,12,20H,8,10H2,1H3,(H,23,24). The molecule has 2 N–H and O–H groups in total. The third-order valence-electron chi connectivity index (χ3n) is 4.36. The molecule has 1 fully saturated rings. The maximum absolute atomic E-state index is 12.6. The van der Waals surface area contributed by atoms with Crippen LogP contribution < -0.4 is 9.62 Å². The van der Waals surface area contributed by atoms with Gasteiger partial charge in [0.25, 0.3) is 10.0 Å². The van der Waals surface area contributed by atoms with Crippen molar-refractivity contribution in [1.82, 2.24) is 0 Å². The Balaban J connectivity index is 1.79. The van der Waals surface area contributed by atoms with Crippen molar-refractivity contribution in [1.29, 1.82) is 0 Å². The zero-order valence-corrected chi connectivity index (χ0v) is 16.7. The van der Waals surface area contributed by atoms with E-state index in [1.165, 1.54) is 29.2 Å². The molecule has 1 aliphatic rings. The number of nitrogens with one attached hydrogen (secondary N) is 1. The summed E-state index contributed by atoms with van der Waals surface area (Å²) < 4.78 is 28.4. The fraction of sp³-hybridized carbons (Fsp3) is 0.222. The fourth-order valence-electron chi connectivity index (χ4n) is 2.80. The van der Waals surface area contributed by atoms with Crippen LogP contribution in [0, 0.1) is 12.8 Å². The molecule has 1 atom stereocenters. The number of anilines is 2. The van der Waals surface area contributed by atoms with Crippen molar-refractivity contribution in [2.24, 2.45) is 5.92 Å². The van der Waals surface area contributed by atoms with Crippen LogP contribution in [0.25, 0.3) is 0 Å². The topological polar surface area (TPSA) is 104 Å². The second-order valence-electron chi connectivity index (χ2n) is 6.31. The van der Waals surface area contributed by atoms with Gasteiger partial charge in [0.05, 0.1) is 10.8 Å². The Morgan fingerprint density at radius 3 is 2.44 bits per heavy atom. The SMILES string of the molecule is Cc1ccc(NS(=O)(=O)c2ccc(N3CC(C(=O)O)CC3=O)cc2)cc1Br. The highest BCUT2D eigenvalue weighted by atomic mass is 79.9. The third-order valence-corrected chi connectivity index (χ3v) is 6.61. The number of sulfonamides is 1. The summed E-state index contributed by atoms with van der Waals surface area (Å²) in [4.78, 5) is 24.5. The van der Waals surface area contributed by atoms with E-state index in [2.05, 4.69) is 20.7 Å². The zero-order valence-electron chi connectivity index (χ0n) is 14.3. The molecular weight excluding hydrogens is 436 g/mol. The summed E-state index contributed by atoms with van der Waals surface area (Å²) in [6, 6.07) is 10.9. The van der Waals surface area contributed by atoms with Crippen LogP contribution in [0.1, 0.15) is 12.0 Å². The predicted molar refractivity (Wildman–Crippen MR) is 104 cm³/mol. The smallest absolute Gasteiger partial charge is 0.308 e. The highest BCUT2D eigenvalue weighted by Crippen LogP contribution is 2.27. The molecule has 1 amide bonds. The van der Waals surface area contributed by atoms with E-state index in [0.29, 0.717) is 11.4 Å². The lowest BCUT2D eigenvalue weighted by molar-refractivity contribution is -0.141. The number of hydrogen-bond acceptors (Lipinski definition) is 4. The molecule has 9 heteroatoms. The van der Waals surface area contributed by atoms with E-state index in [-0.39, 0.29) is 23.8 Å². The van der Waals surface area contributed by atoms with Gasteiger partial charge < -0.3 is 10.0 Å². The number of carbonyl (C=O) groups is 2. The van der Waals surface area contributed by atoms with Crippen molar-refractivity contribution in [3.8, 4) is 0 Å². The summed E-state index contributed by atoms with van der Waals surface area (Å²) in [5.74, 6) is -2.05. The minimum Gasteiger partial charge on any atom is -0.481 e. The first kappa shape index (κ1) is 19.4. The average molecular weight is 453 g/mol. The molecule has 142 valence electrons. The predicted octanol–water partition coefficient (Wildman–Crippen LogP) is 3.00. The number of amides is 1. The number of aliphatic carboxylic acids is 1. The second-order valence-corrected chi connectivity index (χ2v) is 8.84. The molecule has 0 bridgehead atoms. The second kappa shape index (κ2) is 7.32. The van der Waals surface area contributed by atoms with Gasteiger partial charge in [-0.3, -0.25) is 14.3 Å². The van der Waals surface area contributed by atoms with Gasteiger partial charge in [-0.05, 0) is 48.9 Å². The van der Waals surface area contributed by atoms with Crippen LogP contribution in [0.3, 0.4) is 0 Å². The first-order valence-electron chi connectivity index (χ1n) is 8.09. The highest BCUT2D eigenvalue weighted by molar-refractivity contribution is 9.10. The summed E-state index contributed by atoms with van der Waals surface area (Å²) in [5.41, 5.74) is 1.88. The van der Waals surface area contributed by atoms with Crippen molar-refractivity contribution in [3.05, 3.63) is 52.5 Å². The molecule has 0 spiro atoms. The van der Waals surface area contributed by atoms with Gasteiger partial charge >= 0.3 is 5.97 Å². The summed E-state index contributed by atoms with van der Waals surface area (Å²) in [5, 5.41) is 9.05. The molecule has 0 aliphatic carbocycles. The molecule has 0 radical (unpaired) electrons. The number of rotatable bonds is 5. The molecule has 2 aromatic rings. The lowest BCUT2D eigenvalue weighted by Gasteiger charge is -2.17. The van der Waals surface area contributed by atoms with Crippen molar-refractivity contribution in [3.63, 3.8) is 0 Å². The molecule has 0 saturated carbocycles. The lowest BCUT2D eigenvalue weighted by Crippen LogP contribution is -2.25. The summed E-state index contributed by atoms with van der Waals surface area (Å²) >= 11 is 3.36. The molecule has 1 saturated heterocycles. The number of benzene rings is 2. The highest BCUT2D eigenvalue weighted by Gasteiger charge is 2.35. The minimum absolute atomic E-state index is 0.0457. The summed E-state index contributed by atoms with van der Waals surface area (Å²) in [7, 11) is -3.79. The van der Waals surface area contributed by atoms with Crippen molar-refractivity contribution >= 4 is 49.2 Å². The average Bonchev–Trinajstić information content (AvgIpc) is 3.00. The van der Waals surface area contributed by atoms with E-state index in [4.69, 9.17) is 5.11 Å². The molecule has 7 nitrogen and oxygen atoms in total. The van der Waals surface area contributed by atoms with Gasteiger partial charge in [0.1, 0.15) is 0 Å². The van der Waals surface area contributed by atoms with Crippen LogP contribution in [0.4, 0.5) is 11.4 Å². The number of aryl methyl sites for hydroxylation is 1. The Morgan fingerprint density at radius 2 is 1.89 bits per heavy atom. The van der Waals surface area contributed by atoms with Crippen LogP contribution in [0.15, 0.2) is 51.8 Å². The van der Waals surface area contributed by atoms with E-state index in [9.17, 15) is 18.0 Å². The largest absolute Gasteiger partial charge is 0.481 e. The van der Waals surface area contributed by atoms with Crippen molar-refractivity contribution in [2.75, 3.05) is 16.2 Å². The summed E-state index contributed by atoms with van der Waals surface area (Å²) in [6.45, 7) is 1.98. The van der Waals surface area contributed by atoms with Gasteiger partial charge in [0.15, 0.2) is 0 Å². The first-order valence-corrected chi connectivity index (χ1v) is 10.4. The fourth-order valence-corrected chi connectivity index (χ4v) is 4.23. The normalized spacial score (nSPS) is 17.2. The number of carboxylic acids is 1. The molecule has 1 heterocycles. The van der Waals surface area contributed by atoms with Crippen molar-refractivity contribution in [2.45, 2.75) is 18.2 Å². The first-order chi connectivity index (χ1) is 12.7. The van der Waals surface area contributed by atoms with Gasteiger partial charge in [-0.15, -0.1) is 0 Å². The van der Waals surface area contributed by atoms with Crippen molar-refractivity contribution < 1.29 is 23.1 Å². The van der Waals surface area contributed by atoms with E-state index >= 15 is 0 Å². The molecule has 2 aromatic carbocycles. The Bertz CT molecular complexity index is 1000. The van der Waals surface area contributed by atoms with Crippen LogP contribution in [0.2, 0.25) is 0 Å². The van der Waals surface area contributed by atoms with Gasteiger partial charge in [-0.1, -0.05) is 22.0 Å². The molecule has 0 aromatic heterocycles. The van der Waals surface area contributed by atoms with E-state index in [1.807, 2.05) is 6.92 Å². The Hall–Kier alpha value is -2.39. The van der Waals surface area contributed by atoms with Crippen LogP contribution in [-0.4, -0.2) is 31.9 Å². The maximum Gasteiger partial charge on any atom is 0.308 e. The summed E-state index contributed by atoms with van der Waals surface area (Å²) in [6.07, 6.45) is -0.0563.